The van der Waals surface area contributed by atoms with E-state index < -0.39 is 0 Å². The second-order valence-electron chi connectivity index (χ2n) is 5.85. The van der Waals surface area contributed by atoms with Gasteiger partial charge in [-0.05, 0) is 42.2 Å². The predicted molar refractivity (Wildman–Crippen MR) is 63.7 cm³/mol. The molecule has 4 unspecified atom stereocenters. The molecule has 3 fully saturated rings. The maximum absolute atomic E-state index is 11.2. The zero-order valence-electron chi connectivity index (χ0n) is 9.31. The van der Waals surface area contributed by atoms with Crippen LogP contribution in [0, 0.1) is 17.8 Å². The van der Waals surface area contributed by atoms with Crippen molar-refractivity contribution in [3.63, 3.8) is 0 Å². The molecule has 0 radical (unpaired) electrons. The van der Waals surface area contributed by atoms with Crippen molar-refractivity contribution in [1.82, 2.24) is 9.97 Å². The van der Waals surface area contributed by atoms with Crippen molar-refractivity contribution in [2.75, 3.05) is 0 Å². The second kappa shape index (κ2) is 2.30. The van der Waals surface area contributed by atoms with E-state index in [-0.39, 0.29) is 5.69 Å². The first-order chi connectivity index (χ1) is 8.29. The molecule has 0 aliphatic heterocycles. The molecule has 0 saturated heterocycles. The highest BCUT2D eigenvalue weighted by atomic mass is 16.1. The molecule has 84 valence electrons. The lowest BCUT2D eigenvalue weighted by Crippen LogP contribution is -2.23. The van der Waals surface area contributed by atoms with Crippen LogP contribution in [0.25, 0.3) is 10.9 Å². The molecule has 5 rings (SSSR count). The Bertz CT molecular complexity index is 711. The van der Waals surface area contributed by atoms with E-state index in [1.54, 1.807) is 6.20 Å². The van der Waals surface area contributed by atoms with Crippen LogP contribution in [0.1, 0.15) is 18.4 Å². The lowest BCUT2D eigenvalue weighted by molar-refractivity contribution is 0.369. The molecule has 2 aromatic rings. The molecular weight excluding hydrogens is 212 g/mol. The molecule has 0 bridgehead atoms. The summed E-state index contributed by atoms with van der Waals surface area (Å²) in [6, 6.07) is 6.50. The van der Waals surface area contributed by atoms with Crippen molar-refractivity contribution in [2.24, 2.45) is 17.8 Å². The van der Waals surface area contributed by atoms with Crippen LogP contribution in [0.4, 0.5) is 0 Å². The molecule has 3 aliphatic rings. The van der Waals surface area contributed by atoms with Crippen LogP contribution >= 0.6 is 0 Å². The molecule has 0 spiro atoms. The smallest absolute Gasteiger partial charge is 0.305 e. The summed E-state index contributed by atoms with van der Waals surface area (Å²) >= 11 is 0. The van der Waals surface area contributed by atoms with Crippen molar-refractivity contribution in [3.8, 4) is 0 Å². The van der Waals surface area contributed by atoms with Gasteiger partial charge in [-0.15, -0.1) is 0 Å². The summed E-state index contributed by atoms with van der Waals surface area (Å²) in [5.74, 6) is 2.96. The molecule has 3 nitrogen and oxygen atoms in total. The third kappa shape index (κ3) is 0.832. The summed E-state index contributed by atoms with van der Waals surface area (Å²) in [6.45, 7) is 0. The molecule has 3 heteroatoms. The van der Waals surface area contributed by atoms with Gasteiger partial charge < -0.3 is 4.98 Å². The van der Waals surface area contributed by atoms with Crippen LogP contribution in [0.3, 0.4) is 0 Å². The van der Waals surface area contributed by atoms with Gasteiger partial charge in [0, 0.05) is 17.0 Å². The minimum Gasteiger partial charge on any atom is -0.305 e. The molecule has 1 aromatic heterocycles. The standard InChI is InChI=1S/C14H12N2O/c17-13-15-6-7-1-2-8(3-12(7)16-13)14-5-11(14)9-4-10(9)14/h1-3,6,9-11H,4-5H2,(H,15,16,17). The Kier molecular flexibility index (Phi) is 1.14. The first kappa shape index (κ1) is 8.45. The summed E-state index contributed by atoms with van der Waals surface area (Å²) in [4.78, 5) is 17.8. The Morgan fingerprint density at radius 1 is 1.35 bits per heavy atom. The Morgan fingerprint density at radius 2 is 2.29 bits per heavy atom. The predicted octanol–water partition coefficient (Wildman–Crippen LogP) is 1.83. The molecule has 0 amide bonds. The summed E-state index contributed by atoms with van der Waals surface area (Å²) in [5, 5.41) is 1.02. The van der Waals surface area contributed by atoms with Gasteiger partial charge in [0.1, 0.15) is 0 Å². The van der Waals surface area contributed by atoms with Crippen LogP contribution in [-0.4, -0.2) is 9.97 Å². The third-order valence-corrected chi connectivity index (χ3v) is 5.23. The second-order valence-corrected chi connectivity index (χ2v) is 5.85. The van der Waals surface area contributed by atoms with Crippen molar-refractivity contribution in [3.05, 3.63) is 40.4 Å². The highest BCUT2D eigenvalue weighted by Crippen LogP contribution is 2.85. The van der Waals surface area contributed by atoms with Gasteiger partial charge in [-0.25, -0.2) is 9.78 Å². The number of H-pyrrole nitrogens is 1. The van der Waals surface area contributed by atoms with Crippen LogP contribution < -0.4 is 5.69 Å². The first-order valence-electron chi connectivity index (χ1n) is 6.28. The topological polar surface area (TPSA) is 45.8 Å². The van der Waals surface area contributed by atoms with E-state index in [9.17, 15) is 4.79 Å². The monoisotopic (exact) mass is 224 g/mol. The van der Waals surface area contributed by atoms with Crippen molar-refractivity contribution in [1.29, 1.82) is 0 Å². The Balaban J connectivity index is 1.73. The maximum atomic E-state index is 11.2. The summed E-state index contributed by atoms with van der Waals surface area (Å²) in [5.41, 5.74) is 2.64. The molecule has 3 saturated carbocycles. The van der Waals surface area contributed by atoms with E-state index in [4.69, 9.17) is 0 Å². The van der Waals surface area contributed by atoms with E-state index >= 15 is 0 Å². The van der Waals surface area contributed by atoms with E-state index in [1.165, 1.54) is 18.4 Å². The molecule has 1 N–H and O–H groups in total. The Morgan fingerprint density at radius 3 is 3.06 bits per heavy atom. The van der Waals surface area contributed by atoms with E-state index in [0.717, 1.165) is 28.7 Å². The average molecular weight is 224 g/mol. The zero-order valence-corrected chi connectivity index (χ0v) is 9.31. The SMILES string of the molecule is O=c1ncc2ccc(C34CC3C3CC34)cc2[nH]1. The van der Waals surface area contributed by atoms with Gasteiger partial charge in [0.25, 0.3) is 0 Å². The number of nitrogens with zero attached hydrogens (tertiary/aromatic N) is 1. The van der Waals surface area contributed by atoms with Crippen molar-refractivity contribution >= 4 is 10.9 Å². The fourth-order valence-corrected chi connectivity index (χ4v) is 4.29. The summed E-state index contributed by atoms with van der Waals surface area (Å²) in [6.07, 6.45) is 4.47. The zero-order chi connectivity index (χ0) is 11.2. The molecular formula is C14H12N2O. The number of aromatic amines is 1. The number of hydrogen-bond acceptors (Lipinski definition) is 2. The van der Waals surface area contributed by atoms with Crippen molar-refractivity contribution < 1.29 is 0 Å². The number of aromatic nitrogens is 2. The Labute approximate surface area is 97.9 Å². The van der Waals surface area contributed by atoms with Crippen LogP contribution in [0.15, 0.2) is 29.2 Å². The van der Waals surface area contributed by atoms with Gasteiger partial charge in [-0.3, -0.25) is 0 Å². The van der Waals surface area contributed by atoms with Crippen LogP contribution in [0.5, 0.6) is 0 Å². The highest BCUT2D eigenvalue weighted by molar-refractivity contribution is 5.78. The van der Waals surface area contributed by atoms with E-state index in [2.05, 4.69) is 28.2 Å². The van der Waals surface area contributed by atoms with Gasteiger partial charge in [-0.1, -0.05) is 12.1 Å². The maximum Gasteiger partial charge on any atom is 0.345 e. The molecule has 1 aromatic carbocycles. The van der Waals surface area contributed by atoms with Gasteiger partial charge in [0.15, 0.2) is 0 Å². The quantitative estimate of drug-likeness (QED) is 0.803. The van der Waals surface area contributed by atoms with Crippen molar-refractivity contribution in [2.45, 2.75) is 18.3 Å². The van der Waals surface area contributed by atoms with Gasteiger partial charge in [0.2, 0.25) is 0 Å². The minimum absolute atomic E-state index is 0.252. The van der Waals surface area contributed by atoms with Gasteiger partial charge >= 0.3 is 5.69 Å². The summed E-state index contributed by atoms with van der Waals surface area (Å²) < 4.78 is 0. The fraction of sp³-hybridized carbons (Fsp3) is 0.429. The van der Waals surface area contributed by atoms with Gasteiger partial charge in [-0.2, -0.15) is 0 Å². The number of fused-ring (bicyclic) bond motifs is 5. The normalized spacial score (nSPS) is 40.4. The molecule has 17 heavy (non-hydrogen) atoms. The van der Waals surface area contributed by atoms with Crippen LogP contribution in [0.2, 0.25) is 0 Å². The number of benzene rings is 1. The molecule has 4 atom stereocenters. The summed E-state index contributed by atoms with van der Waals surface area (Å²) in [7, 11) is 0. The first-order valence-corrected chi connectivity index (χ1v) is 6.28. The third-order valence-electron chi connectivity index (χ3n) is 5.23. The van der Waals surface area contributed by atoms with Crippen LogP contribution in [-0.2, 0) is 5.41 Å². The number of hydrogen-bond donors (Lipinski definition) is 1. The van der Waals surface area contributed by atoms with Gasteiger partial charge in [0.05, 0.1) is 5.52 Å². The molecule has 3 aliphatic carbocycles. The minimum atomic E-state index is -0.252. The Hall–Kier alpha value is -1.64. The lowest BCUT2D eigenvalue weighted by atomic mass is 9.78. The largest absolute Gasteiger partial charge is 0.345 e. The lowest BCUT2D eigenvalue weighted by Gasteiger charge is -2.25. The van der Waals surface area contributed by atoms with E-state index in [0.29, 0.717) is 5.41 Å². The number of rotatable bonds is 1. The highest BCUT2D eigenvalue weighted by Gasteiger charge is 2.81. The van der Waals surface area contributed by atoms with E-state index in [1.807, 2.05) is 0 Å². The molecule has 1 heterocycles. The average Bonchev–Trinajstić information content (AvgIpc) is 3.16. The number of nitrogens with one attached hydrogen (secondary N) is 1. The fourth-order valence-electron chi connectivity index (χ4n) is 4.29.